The number of amides is 2. The van der Waals surface area contributed by atoms with Crippen LogP contribution in [0.4, 0.5) is 8.78 Å². The summed E-state index contributed by atoms with van der Waals surface area (Å²) < 4.78 is 58.6. The standard InChI is InChI=1S/C25H31ClF2N6O4S/c26-19-8-20(27)18(7-21(19)28)22(17-10-31-11-17)25(24(30)36)4-2-6-34(25)23(35)16-3-1-5-32(14-16)39(37,38)33-12-15(9-29)13-33/h7-8,15-17,22,31H,1-6,10-14H2,(H2,30,36)/t16-,22-,25-/m0/s1. The van der Waals surface area contributed by atoms with E-state index in [9.17, 15) is 22.4 Å². The van der Waals surface area contributed by atoms with Crippen LogP contribution in [0, 0.1) is 40.7 Å². The van der Waals surface area contributed by atoms with Gasteiger partial charge in [0.15, 0.2) is 0 Å². The van der Waals surface area contributed by atoms with Crippen LogP contribution >= 0.6 is 11.6 Å². The van der Waals surface area contributed by atoms with Gasteiger partial charge in [0.2, 0.25) is 11.8 Å². The van der Waals surface area contributed by atoms with E-state index >= 15 is 4.39 Å². The van der Waals surface area contributed by atoms with E-state index in [1.54, 1.807) is 0 Å². The van der Waals surface area contributed by atoms with Crippen molar-refractivity contribution in [2.45, 2.75) is 37.1 Å². The highest BCUT2D eigenvalue weighted by atomic mass is 35.5. The average Bonchev–Trinajstić information content (AvgIpc) is 3.28. The summed E-state index contributed by atoms with van der Waals surface area (Å²) in [5.41, 5.74) is 4.35. The highest BCUT2D eigenvalue weighted by Gasteiger charge is 2.58. The molecular weight excluding hydrogens is 554 g/mol. The normalized spacial score (nSPS) is 27.9. The van der Waals surface area contributed by atoms with Crippen molar-refractivity contribution in [2.75, 3.05) is 45.8 Å². The Morgan fingerprint density at radius 2 is 1.85 bits per heavy atom. The van der Waals surface area contributed by atoms with Crippen LogP contribution in [-0.2, 0) is 19.8 Å². The molecule has 39 heavy (non-hydrogen) atoms. The number of nitrogens with zero attached hydrogens (tertiary/aromatic N) is 4. The van der Waals surface area contributed by atoms with Gasteiger partial charge in [-0.2, -0.15) is 22.3 Å². The Morgan fingerprint density at radius 3 is 2.46 bits per heavy atom. The first kappa shape index (κ1) is 28.2. The maximum Gasteiger partial charge on any atom is 0.282 e. The summed E-state index contributed by atoms with van der Waals surface area (Å²) in [5.74, 6) is -5.12. The summed E-state index contributed by atoms with van der Waals surface area (Å²) in [5, 5.41) is 11.7. The Hall–Kier alpha value is -2.37. The molecule has 4 heterocycles. The first-order chi connectivity index (χ1) is 18.5. The third-order valence-corrected chi connectivity index (χ3v) is 10.9. The lowest BCUT2D eigenvalue weighted by Gasteiger charge is -2.49. The number of nitrogens with one attached hydrogen (secondary N) is 1. The summed E-state index contributed by atoms with van der Waals surface area (Å²) in [6.07, 6.45) is 1.46. The summed E-state index contributed by atoms with van der Waals surface area (Å²) in [4.78, 5) is 28.7. The second-order valence-corrected chi connectivity index (χ2v) is 13.2. The van der Waals surface area contributed by atoms with E-state index in [2.05, 4.69) is 11.4 Å². The van der Waals surface area contributed by atoms with Gasteiger partial charge in [-0.05, 0) is 62.4 Å². The number of carbonyl (C=O) groups excluding carboxylic acids is 2. The first-order valence-corrected chi connectivity index (χ1v) is 14.9. The number of likely N-dealkylation sites (tertiary alicyclic amines) is 1. The van der Waals surface area contributed by atoms with Crippen molar-refractivity contribution in [3.63, 3.8) is 0 Å². The summed E-state index contributed by atoms with van der Waals surface area (Å²) in [6, 6.07) is 3.91. The predicted octanol–water partition coefficient (Wildman–Crippen LogP) is 1.18. The minimum absolute atomic E-state index is 0.0559. The molecule has 0 saturated carbocycles. The van der Waals surface area contributed by atoms with Crippen LogP contribution in [-0.4, -0.2) is 85.1 Å². The fourth-order valence-electron chi connectivity index (χ4n) is 6.55. The van der Waals surface area contributed by atoms with Crippen LogP contribution in [0.1, 0.15) is 37.2 Å². The van der Waals surface area contributed by atoms with Crippen LogP contribution in [0.15, 0.2) is 12.1 Å². The van der Waals surface area contributed by atoms with Gasteiger partial charge in [-0.1, -0.05) is 11.6 Å². The van der Waals surface area contributed by atoms with Gasteiger partial charge in [0, 0.05) is 38.6 Å². The Kier molecular flexibility index (Phi) is 7.62. The molecule has 0 aromatic heterocycles. The van der Waals surface area contributed by atoms with E-state index < -0.39 is 51.0 Å². The third kappa shape index (κ3) is 4.70. The zero-order chi connectivity index (χ0) is 28.1. The van der Waals surface area contributed by atoms with E-state index in [1.807, 2.05) is 0 Å². The molecule has 4 aliphatic rings. The molecule has 4 saturated heterocycles. The molecule has 14 heteroatoms. The molecule has 1 aromatic rings. The molecule has 3 N–H and O–H groups in total. The molecular formula is C25H31ClF2N6O4S. The molecule has 4 aliphatic heterocycles. The van der Waals surface area contributed by atoms with Gasteiger partial charge in [0.1, 0.15) is 17.2 Å². The SMILES string of the molecule is N#CC1CN(S(=O)(=O)N2CCC[C@H](C(=O)N3CCC[C@@]3(C(N)=O)[C@H](c3cc(F)c(Cl)cc3F)C3CNC3)C2)C1. The summed E-state index contributed by atoms with van der Waals surface area (Å²) in [7, 11) is -3.84. The summed E-state index contributed by atoms with van der Waals surface area (Å²) in [6.45, 7) is 1.46. The molecule has 212 valence electrons. The molecule has 10 nitrogen and oxygen atoms in total. The van der Waals surface area contributed by atoms with Gasteiger partial charge in [-0.25, -0.2) is 8.78 Å². The number of piperidine rings is 1. The number of primary amides is 1. The summed E-state index contributed by atoms with van der Waals surface area (Å²) >= 11 is 5.80. The van der Waals surface area contributed by atoms with Gasteiger partial charge in [-0.3, -0.25) is 9.59 Å². The molecule has 5 rings (SSSR count). The van der Waals surface area contributed by atoms with E-state index in [0.29, 0.717) is 32.4 Å². The molecule has 0 spiro atoms. The fourth-order valence-corrected chi connectivity index (χ4v) is 8.49. The third-order valence-electron chi connectivity index (χ3n) is 8.70. The quantitative estimate of drug-likeness (QED) is 0.461. The topological polar surface area (TPSA) is 140 Å². The maximum absolute atomic E-state index is 15.3. The zero-order valence-electron chi connectivity index (χ0n) is 21.3. The van der Waals surface area contributed by atoms with Gasteiger partial charge in [-0.15, -0.1) is 0 Å². The molecule has 0 unspecified atom stereocenters. The Balaban J connectivity index is 1.46. The number of halogens is 3. The molecule has 0 radical (unpaired) electrons. The minimum atomic E-state index is -3.84. The Labute approximate surface area is 231 Å². The van der Waals surface area contributed by atoms with Crippen LogP contribution < -0.4 is 11.1 Å². The van der Waals surface area contributed by atoms with Crippen LogP contribution in [0.25, 0.3) is 0 Å². The minimum Gasteiger partial charge on any atom is -0.368 e. The van der Waals surface area contributed by atoms with Crippen molar-refractivity contribution < 1.29 is 26.8 Å². The molecule has 4 fully saturated rings. The smallest absolute Gasteiger partial charge is 0.282 e. The van der Waals surface area contributed by atoms with Gasteiger partial charge in [0.05, 0.1) is 22.9 Å². The lowest BCUT2D eigenvalue weighted by atomic mass is 9.67. The number of benzene rings is 1. The van der Waals surface area contributed by atoms with Crippen molar-refractivity contribution in [3.8, 4) is 6.07 Å². The van der Waals surface area contributed by atoms with Gasteiger partial charge < -0.3 is 16.0 Å². The maximum atomic E-state index is 15.3. The van der Waals surface area contributed by atoms with Crippen molar-refractivity contribution in [3.05, 3.63) is 34.4 Å². The Bertz CT molecular complexity index is 1320. The highest BCUT2D eigenvalue weighted by Crippen LogP contribution is 2.48. The molecule has 0 aliphatic carbocycles. The number of hydrogen-bond acceptors (Lipinski definition) is 6. The van der Waals surface area contributed by atoms with Crippen molar-refractivity contribution >= 4 is 33.6 Å². The van der Waals surface area contributed by atoms with E-state index in [4.69, 9.17) is 22.6 Å². The fraction of sp³-hybridized carbons (Fsp3) is 0.640. The largest absolute Gasteiger partial charge is 0.368 e. The number of carbonyl (C=O) groups is 2. The zero-order valence-corrected chi connectivity index (χ0v) is 22.9. The lowest BCUT2D eigenvalue weighted by molar-refractivity contribution is -0.150. The van der Waals surface area contributed by atoms with Crippen LogP contribution in [0.3, 0.4) is 0 Å². The second-order valence-electron chi connectivity index (χ2n) is 10.9. The average molecular weight is 585 g/mol. The molecule has 2 amide bonds. The lowest BCUT2D eigenvalue weighted by Crippen LogP contribution is -2.65. The van der Waals surface area contributed by atoms with E-state index in [0.717, 1.165) is 12.1 Å². The van der Waals surface area contributed by atoms with Crippen molar-refractivity contribution in [1.82, 2.24) is 18.8 Å². The number of nitriles is 1. The number of rotatable bonds is 7. The van der Waals surface area contributed by atoms with Crippen LogP contribution in [0.5, 0.6) is 0 Å². The van der Waals surface area contributed by atoms with E-state index in [1.165, 1.54) is 13.5 Å². The van der Waals surface area contributed by atoms with Gasteiger partial charge in [0.25, 0.3) is 10.2 Å². The first-order valence-electron chi connectivity index (χ1n) is 13.1. The molecule has 3 atom stereocenters. The Morgan fingerprint density at radius 1 is 1.13 bits per heavy atom. The number of nitrogens with two attached hydrogens (primary N) is 1. The number of hydrogen-bond donors (Lipinski definition) is 2. The van der Waals surface area contributed by atoms with Crippen LogP contribution in [0.2, 0.25) is 5.02 Å². The van der Waals surface area contributed by atoms with Crippen molar-refractivity contribution in [1.29, 1.82) is 5.26 Å². The molecule has 0 bridgehead atoms. The monoisotopic (exact) mass is 584 g/mol. The van der Waals surface area contributed by atoms with E-state index in [-0.39, 0.29) is 61.6 Å². The highest BCUT2D eigenvalue weighted by molar-refractivity contribution is 7.86. The molecule has 1 aromatic carbocycles. The second kappa shape index (κ2) is 10.6. The predicted molar refractivity (Wildman–Crippen MR) is 137 cm³/mol. The van der Waals surface area contributed by atoms with Crippen molar-refractivity contribution in [2.24, 2.45) is 23.5 Å². The van der Waals surface area contributed by atoms with Gasteiger partial charge >= 0.3 is 0 Å².